The molecule has 20 heavy (non-hydrogen) atoms. The predicted octanol–water partition coefficient (Wildman–Crippen LogP) is 2.88. The molecule has 0 spiro atoms. The predicted molar refractivity (Wildman–Crippen MR) is 81.5 cm³/mol. The number of anilines is 2. The van der Waals surface area contributed by atoms with Crippen LogP contribution in [0.4, 0.5) is 11.9 Å². The Morgan fingerprint density at radius 1 is 1.10 bits per heavy atom. The van der Waals surface area contributed by atoms with Crippen molar-refractivity contribution in [3.05, 3.63) is 29.3 Å². The molecular formula is C14H18ClN5. The standard InChI is InChI=1S/C14H18ClN5/c15-11-6-5-7-12(10-11)20-13(16)17-14(18-20)19-8-3-1-2-4-9-19/h5-7,10H,1-4,8-9H2,(H2,16,17,18). The highest BCUT2D eigenvalue weighted by molar-refractivity contribution is 6.30. The summed E-state index contributed by atoms with van der Waals surface area (Å²) in [6.07, 6.45) is 4.93. The minimum atomic E-state index is 0.395. The van der Waals surface area contributed by atoms with Gasteiger partial charge in [0.2, 0.25) is 11.9 Å². The SMILES string of the molecule is Nc1nc(N2CCCCCC2)nn1-c1cccc(Cl)c1. The van der Waals surface area contributed by atoms with Crippen LogP contribution in [0.1, 0.15) is 25.7 Å². The average molecular weight is 292 g/mol. The largest absolute Gasteiger partial charge is 0.368 e. The maximum Gasteiger partial charge on any atom is 0.246 e. The first kappa shape index (κ1) is 13.2. The maximum absolute atomic E-state index is 6.01. The second-order valence-corrected chi connectivity index (χ2v) is 5.50. The van der Waals surface area contributed by atoms with Gasteiger partial charge in [0.05, 0.1) is 5.69 Å². The molecule has 5 nitrogen and oxygen atoms in total. The zero-order chi connectivity index (χ0) is 13.9. The van der Waals surface area contributed by atoms with E-state index < -0.39 is 0 Å². The van der Waals surface area contributed by atoms with Gasteiger partial charge in [-0.1, -0.05) is 30.5 Å². The Balaban J connectivity index is 1.90. The molecule has 0 aliphatic carbocycles. The number of aromatic nitrogens is 3. The van der Waals surface area contributed by atoms with E-state index >= 15 is 0 Å². The zero-order valence-electron chi connectivity index (χ0n) is 11.3. The van der Waals surface area contributed by atoms with E-state index in [0.717, 1.165) is 18.8 Å². The molecule has 1 aromatic carbocycles. The van der Waals surface area contributed by atoms with Gasteiger partial charge in [0.1, 0.15) is 0 Å². The van der Waals surface area contributed by atoms with Crippen molar-refractivity contribution in [3.63, 3.8) is 0 Å². The van der Waals surface area contributed by atoms with Crippen molar-refractivity contribution < 1.29 is 0 Å². The van der Waals surface area contributed by atoms with E-state index in [4.69, 9.17) is 17.3 Å². The Morgan fingerprint density at radius 2 is 1.85 bits per heavy atom. The van der Waals surface area contributed by atoms with Crippen molar-refractivity contribution in [1.82, 2.24) is 14.8 Å². The molecule has 0 atom stereocenters. The molecule has 3 rings (SSSR count). The van der Waals surface area contributed by atoms with Crippen LogP contribution in [-0.2, 0) is 0 Å². The number of hydrogen-bond acceptors (Lipinski definition) is 4. The number of nitrogens with two attached hydrogens (primary N) is 1. The Morgan fingerprint density at radius 3 is 2.55 bits per heavy atom. The topological polar surface area (TPSA) is 60.0 Å². The summed E-state index contributed by atoms with van der Waals surface area (Å²) in [5, 5.41) is 5.20. The molecule has 1 aromatic heterocycles. The summed E-state index contributed by atoms with van der Waals surface area (Å²) in [5.41, 5.74) is 6.83. The number of rotatable bonds is 2. The fourth-order valence-corrected chi connectivity index (χ4v) is 2.70. The number of hydrogen-bond donors (Lipinski definition) is 1. The number of nitrogens with zero attached hydrogens (tertiary/aromatic N) is 4. The van der Waals surface area contributed by atoms with Crippen LogP contribution in [0.2, 0.25) is 5.02 Å². The summed E-state index contributed by atoms with van der Waals surface area (Å²) in [7, 11) is 0. The lowest BCUT2D eigenvalue weighted by atomic mass is 10.2. The Kier molecular flexibility index (Phi) is 3.78. The second kappa shape index (κ2) is 5.71. The van der Waals surface area contributed by atoms with Crippen molar-refractivity contribution in [2.24, 2.45) is 0 Å². The first-order chi connectivity index (χ1) is 9.74. The van der Waals surface area contributed by atoms with Crippen LogP contribution in [0.5, 0.6) is 0 Å². The molecule has 1 aliphatic heterocycles. The summed E-state index contributed by atoms with van der Waals surface area (Å²) in [6.45, 7) is 2.00. The van der Waals surface area contributed by atoms with Crippen molar-refractivity contribution in [3.8, 4) is 5.69 Å². The molecule has 0 unspecified atom stereocenters. The van der Waals surface area contributed by atoms with Gasteiger partial charge in [0, 0.05) is 18.1 Å². The van der Waals surface area contributed by atoms with Gasteiger partial charge in [-0.15, -0.1) is 5.10 Å². The van der Waals surface area contributed by atoms with Crippen LogP contribution in [0.15, 0.2) is 24.3 Å². The Bertz CT molecular complexity index is 587. The molecule has 0 saturated carbocycles. The fraction of sp³-hybridized carbons (Fsp3) is 0.429. The maximum atomic E-state index is 6.01. The van der Waals surface area contributed by atoms with Crippen molar-refractivity contribution in [2.45, 2.75) is 25.7 Å². The van der Waals surface area contributed by atoms with Gasteiger partial charge >= 0.3 is 0 Å². The monoisotopic (exact) mass is 291 g/mol. The van der Waals surface area contributed by atoms with Gasteiger partial charge in [0.15, 0.2) is 0 Å². The zero-order valence-corrected chi connectivity index (χ0v) is 12.1. The molecule has 2 heterocycles. The highest BCUT2D eigenvalue weighted by Gasteiger charge is 2.16. The van der Waals surface area contributed by atoms with Gasteiger partial charge in [-0.05, 0) is 31.0 Å². The van der Waals surface area contributed by atoms with E-state index in [1.165, 1.54) is 25.7 Å². The molecule has 2 aromatic rings. The number of nitrogen functional groups attached to an aromatic ring is 1. The molecular weight excluding hydrogens is 274 g/mol. The molecule has 2 N–H and O–H groups in total. The minimum Gasteiger partial charge on any atom is -0.368 e. The van der Waals surface area contributed by atoms with Gasteiger partial charge in [-0.3, -0.25) is 0 Å². The number of halogens is 1. The summed E-state index contributed by atoms with van der Waals surface area (Å²) >= 11 is 6.01. The normalized spacial score (nSPS) is 16.1. The first-order valence-corrected chi connectivity index (χ1v) is 7.35. The van der Waals surface area contributed by atoms with E-state index in [9.17, 15) is 0 Å². The molecule has 6 heteroatoms. The van der Waals surface area contributed by atoms with Crippen LogP contribution in [0.3, 0.4) is 0 Å². The summed E-state index contributed by atoms with van der Waals surface area (Å²) < 4.78 is 1.64. The fourth-order valence-electron chi connectivity index (χ4n) is 2.52. The van der Waals surface area contributed by atoms with E-state index in [2.05, 4.69) is 15.0 Å². The third-order valence-corrected chi connectivity index (χ3v) is 3.80. The van der Waals surface area contributed by atoms with E-state index in [-0.39, 0.29) is 0 Å². The third-order valence-electron chi connectivity index (χ3n) is 3.56. The minimum absolute atomic E-state index is 0.395. The van der Waals surface area contributed by atoms with E-state index in [0.29, 0.717) is 16.9 Å². The molecule has 0 radical (unpaired) electrons. The van der Waals surface area contributed by atoms with Gasteiger partial charge in [0.25, 0.3) is 0 Å². The van der Waals surface area contributed by atoms with Crippen LogP contribution < -0.4 is 10.6 Å². The molecule has 1 fully saturated rings. The van der Waals surface area contributed by atoms with Gasteiger partial charge in [-0.2, -0.15) is 9.67 Å². The lowest BCUT2D eigenvalue weighted by molar-refractivity contribution is 0.726. The average Bonchev–Trinajstić information content (AvgIpc) is 2.65. The van der Waals surface area contributed by atoms with Crippen molar-refractivity contribution in [1.29, 1.82) is 0 Å². The highest BCUT2D eigenvalue weighted by atomic mass is 35.5. The third kappa shape index (κ3) is 2.72. The molecule has 1 aliphatic rings. The quantitative estimate of drug-likeness (QED) is 0.924. The molecule has 106 valence electrons. The van der Waals surface area contributed by atoms with Crippen molar-refractivity contribution in [2.75, 3.05) is 23.7 Å². The van der Waals surface area contributed by atoms with Crippen molar-refractivity contribution >= 4 is 23.5 Å². The van der Waals surface area contributed by atoms with Crippen LogP contribution in [-0.4, -0.2) is 27.9 Å². The Hall–Kier alpha value is -1.75. The number of benzene rings is 1. The second-order valence-electron chi connectivity index (χ2n) is 5.06. The summed E-state index contributed by atoms with van der Waals surface area (Å²) in [4.78, 5) is 6.61. The van der Waals surface area contributed by atoms with Crippen LogP contribution in [0.25, 0.3) is 5.69 Å². The van der Waals surface area contributed by atoms with E-state index in [1.807, 2.05) is 24.3 Å². The lowest BCUT2D eigenvalue weighted by Crippen LogP contribution is -2.25. The summed E-state index contributed by atoms with van der Waals surface area (Å²) in [6, 6.07) is 7.46. The summed E-state index contributed by atoms with van der Waals surface area (Å²) in [5.74, 6) is 1.11. The molecule has 1 saturated heterocycles. The van der Waals surface area contributed by atoms with Crippen LogP contribution >= 0.6 is 11.6 Å². The first-order valence-electron chi connectivity index (χ1n) is 6.97. The van der Waals surface area contributed by atoms with E-state index in [1.54, 1.807) is 4.68 Å². The van der Waals surface area contributed by atoms with Gasteiger partial charge < -0.3 is 10.6 Å². The highest BCUT2D eigenvalue weighted by Crippen LogP contribution is 2.21. The van der Waals surface area contributed by atoms with Gasteiger partial charge in [-0.25, -0.2) is 0 Å². The smallest absolute Gasteiger partial charge is 0.246 e. The molecule has 0 bridgehead atoms. The lowest BCUT2D eigenvalue weighted by Gasteiger charge is -2.17. The van der Waals surface area contributed by atoms with Crippen LogP contribution in [0, 0.1) is 0 Å². The molecule has 0 amide bonds. The Labute approximate surface area is 123 Å².